The van der Waals surface area contributed by atoms with Gasteiger partial charge in [0.05, 0.1) is 19.8 Å². The molecule has 0 radical (unpaired) electrons. The molecule has 0 amide bonds. The van der Waals surface area contributed by atoms with Crippen molar-refractivity contribution < 1.29 is 19.0 Å². The van der Waals surface area contributed by atoms with Gasteiger partial charge in [-0.15, -0.1) is 0 Å². The average molecular weight is 329 g/mol. The minimum absolute atomic E-state index is 0.149. The number of aryl methyl sites for hydroxylation is 1. The Morgan fingerprint density at radius 2 is 1.71 bits per heavy atom. The third-order valence-electron chi connectivity index (χ3n) is 3.80. The van der Waals surface area contributed by atoms with E-state index in [-0.39, 0.29) is 5.78 Å². The number of methoxy groups -OCH3 is 2. The lowest BCUT2D eigenvalue weighted by atomic mass is 10.0. The van der Waals surface area contributed by atoms with E-state index in [2.05, 4.69) is 0 Å². The van der Waals surface area contributed by atoms with Crippen molar-refractivity contribution in [3.63, 3.8) is 0 Å². The van der Waals surface area contributed by atoms with Crippen LogP contribution in [0.3, 0.4) is 0 Å². The molecule has 2 rings (SSSR count). The van der Waals surface area contributed by atoms with Crippen molar-refractivity contribution in [3.8, 4) is 17.2 Å². The van der Waals surface area contributed by atoms with Crippen molar-refractivity contribution in [2.24, 2.45) is 0 Å². The molecule has 0 aliphatic rings. The molecule has 1 atom stereocenters. The second-order valence-corrected chi connectivity index (χ2v) is 5.47. The van der Waals surface area contributed by atoms with Crippen molar-refractivity contribution in [1.29, 1.82) is 0 Å². The third-order valence-corrected chi connectivity index (χ3v) is 3.80. The molecule has 0 spiro atoms. The molecule has 1 unspecified atom stereocenters. The highest BCUT2D eigenvalue weighted by Crippen LogP contribution is 2.30. The number of ether oxygens (including phenoxy) is 3. The van der Waals surface area contributed by atoms with Crippen LogP contribution in [-0.4, -0.2) is 26.1 Å². The summed E-state index contributed by atoms with van der Waals surface area (Å²) in [7, 11) is 3.12. The maximum absolute atomic E-state index is 12.9. The molecule has 0 aliphatic carbocycles. The van der Waals surface area contributed by atoms with E-state index < -0.39 is 6.10 Å². The molecule has 0 saturated heterocycles. The van der Waals surface area contributed by atoms with Crippen molar-refractivity contribution >= 4 is 11.5 Å². The Morgan fingerprint density at radius 3 is 2.25 bits per heavy atom. The van der Waals surface area contributed by atoms with Crippen molar-refractivity contribution in [1.82, 2.24) is 0 Å². The summed E-state index contributed by atoms with van der Waals surface area (Å²) in [5.41, 5.74) is 7.66. The number of hydrogen-bond donors (Lipinski definition) is 1. The first-order valence-electron chi connectivity index (χ1n) is 7.79. The number of carbonyl (C=O) groups is 1. The minimum Gasteiger partial charge on any atom is -0.496 e. The van der Waals surface area contributed by atoms with Gasteiger partial charge >= 0.3 is 0 Å². The largest absolute Gasteiger partial charge is 0.496 e. The number of nitrogen functional groups attached to an aromatic ring is 1. The van der Waals surface area contributed by atoms with Crippen molar-refractivity contribution in [3.05, 3.63) is 47.5 Å². The first-order chi connectivity index (χ1) is 11.5. The second kappa shape index (κ2) is 7.73. The normalized spacial score (nSPS) is 11.7. The van der Waals surface area contributed by atoms with Gasteiger partial charge in [0.1, 0.15) is 17.2 Å². The molecule has 0 saturated carbocycles. The van der Waals surface area contributed by atoms with E-state index >= 15 is 0 Å². The predicted octanol–water partition coefficient (Wildman–Crippen LogP) is 3.63. The van der Waals surface area contributed by atoms with Gasteiger partial charge in [0.2, 0.25) is 5.78 Å². The van der Waals surface area contributed by atoms with Crippen LogP contribution in [0.5, 0.6) is 17.2 Å². The van der Waals surface area contributed by atoms with Crippen LogP contribution in [0.2, 0.25) is 0 Å². The van der Waals surface area contributed by atoms with Crippen LogP contribution >= 0.6 is 0 Å². The number of benzene rings is 2. The van der Waals surface area contributed by atoms with E-state index in [1.165, 1.54) is 0 Å². The van der Waals surface area contributed by atoms with E-state index in [0.717, 1.165) is 5.56 Å². The molecular formula is C19H23NO4. The fraction of sp³-hybridized carbons (Fsp3) is 0.316. The average Bonchev–Trinajstić information content (AvgIpc) is 2.60. The Labute approximate surface area is 142 Å². The van der Waals surface area contributed by atoms with Gasteiger partial charge in [0.25, 0.3) is 0 Å². The number of hydrogen-bond acceptors (Lipinski definition) is 5. The lowest BCUT2D eigenvalue weighted by Crippen LogP contribution is -2.27. The van der Waals surface area contributed by atoms with Gasteiger partial charge in [-0.2, -0.15) is 0 Å². The summed E-state index contributed by atoms with van der Waals surface area (Å²) in [4.78, 5) is 12.9. The molecule has 128 valence electrons. The Hall–Kier alpha value is -2.69. The van der Waals surface area contributed by atoms with Crippen LogP contribution in [-0.2, 0) is 0 Å². The molecule has 2 N–H and O–H groups in total. The topological polar surface area (TPSA) is 70.8 Å². The summed E-state index contributed by atoms with van der Waals surface area (Å²) < 4.78 is 16.5. The Bertz CT molecular complexity index is 710. The van der Waals surface area contributed by atoms with Crippen LogP contribution in [0.15, 0.2) is 36.4 Å². The standard InChI is InChI=1S/C19H23NO4/c1-5-16(24-14-8-6-13(20)7-9-14)19(21)15-11-17(22-3)12(2)10-18(15)23-4/h6-11,16H,5,20H2,1-4H3. The summed E-state index contributed by atoms with van der Waals surface area (Å²) in [5.74, 6) is 1.60. The molecule has 0 aromatic heterocycles. The molecular weight excluding hydrogens is 306 g/mol. The Morgan fingerprint density at radius 1 is 1.08 bits per heavy atom. The van der Waals surface area contributed by atoms with Gasteiger partial charge in [-0.3, -0.25) is 4.79 Å². The van der Waals surface area contributed by atoms with Gasteiger partial charge in [-0.25, -0.2) is 0 Å². The number of rotatable bonds is 7. The molecule has 0 heterocycles. The van der Waals surface area contributed by atoms with Crippen LogP contribution in [0, 0.1) is 6.92 Å². The highest BCUT2D eigenvalue weighted by molar-refractivity contribution is 6.02. The molecule has 2 aromatic rings. The zero-order valence-corrected chi connectivity index (χ0v) is 14.5. The molecule has 0 bridgehead atoms. The van der Waals surface area contributed by atoms with Crippen LogP contribution in [0.4, 0.5) is 5.69 Å². The highest BCUT2D eigenvalue weighted by atomic mass is 16.5. The van der Waals surface area contributed by atoms with Gasteiger partial charge in [-0.1, -0.05) is 6.92 Å². The van der Waals surface area contributed by atoms with Crippen molar-refractivity contribution in [2.75, 3.05) is 20.0 Å². The molecule has 0 fully saturated rings. The smallest absolute Gasteiger partial charge is 0.207 e. The third kappa shape index (κ3) is 3.79. The van der Waals surface area contributed by atoms with Crippen LogP contribution < -0.4 is 19.9 Å². The SMILES string of the molecule is CCC(Oc1ccc(N)cc1)C(=O)c1cc(OC)c(C)cc1OC. The molecule has 24 heavy (non-hydrogen) atoms. The fourth-order valence-electron chi connectivity index (χ4n) is 2.45. The monoisotopic (exact) mass is 329 g/mol. The lowest BCUT2D eigenvalue weighted by molar-refractivity contribution is 0.0783. The molecule has 5 nitrogen and oxygen atoms in total. The summed E-state index contributed by atoms with van der Waals surface area (Å²) >= 11 is 0. The maximum Gasteiger partial charge on any atom is 0.207 e. The van der Waals surface area contributed by atoms with E-state index in [0.29, 0.717) is 34.9 Å². The quantitative estimate of drug-likeness (QED) is 0.620. The summed E-state index contributed by atoms with van der Waals surface area (Å²) in [6.45, 7) is 3.80. The first-order valence-corrected chi connectivity index (χ1v) is 7.79. The van der Waals surface area contributed by atoms with Crippen molar-refractivity contribution in [2.45, 2.75) is 26.4 Å². The molecule has 0 aliphatic heterocycles. The van der Waals surface area contributed by atoms with Gasteiger partial charge in [0, 0.05) is 5.69 Å². The van der Waals surface area contributed by atoms with Gasteiger partial charge in [0.15, 0.2) is 6.10 Å². The number of anilines is 1. The van der Waals surface area contributed by atoms with Crippen LogP contribution in [0.25, 0.3) is 0 Å². The molecule has 2 aromatic carbocycles. The van der Waals surface area contributed by atoms with E-state index in [4.69, 9.17) is 19.9 Å². The maximum atomic E-state index is 12.9. The minimum atomic E-state index is -0.616. The summed E-state index contributed by atoms with van der Waals surface area (Å²) in [5, 5.41) is 0. The number of Topliss-reactive ketones (excluding diaryl/α,β-unsaturated/α-hetero) is 1. The summed E-state index contributed by atoms with van der Waals surface area (Å²) in [6.07, 6.45) is -0.0855. The summed E-state index contributed by atoms with van der Waals surface area (Å²) in [6, 6.07) is 10.5. The Balaban J connectivity index is 2.32. The number of carbonyl (C=O) groups excluding carboxylic acids is 1. The van der Waals surface area contributed by atoms with E-state index in [9.17, 15) is 4.79 Å². The zero-order chi connectivity index (χ0) is 17.7. The number of nitrogens with two attached hydrogens (primary N) is 1. The molecule has 5 heteroatoms. The van der Waals surface area contributed by atoms with Gasteiger partial charge in [-0.05, 0) is 55.3 Å². The zero-order valence-electron chi connectivity index (χ0n) is 14.5. The highest BCUT2D eigenvalue weighted by Gasteiger charge is 2.24. The second-order valence-electron chi connectivity index (χ2n) is 5.47. The van der Waals surface area contributed by atoms with Gasteiger partial charge < -0.3 is 19.9 Å². The lowest BCUT2D eigenvalue weighted by Gasteiger charge is -2.19. The first kappa shape index (κ1) is 17.7. The number of ketones is 1. The Kier molecular flexibility index (Phi) is 5.68. The van der Waals surface area contributed by atoms with E-state index in [1.807, 2.05) is 13.8 Å². The van der Waals surface area contributed by atoms with E-state index in [1.54, 1.807) is 50.6 Å². The predicted molar refractivity (Wildman–Crippen MR) is 94.2 cm³/mol. The fourth-order valence-corrected chi connectivity index (χ4v) is 2.45. The van der Waals surface area contributed by atoms with Crippen LogP contribution in [0.1, 0.15) is 29.3 Å².